The van der Waals surface area contributed by atoms with E-state index in [4.69, 9.17) is 17.0 Å². The number of nitrogens with one attached hydrogen (secondary N) is 1. The van der Waals surface area contributed by atoms with Crippen LogP contribution in [0.5, 0.6) is 0 Å². The monoisotopic (exact) mass is 443 g/mol. The molecule has 16 nitrogen and oxygen atoms in total. The number of fused-ring (bicyclic) bond motifs is 1. The molecule has 2 aliphatic rings. The molecule has 0 bridgehead atoms. The van der Waals surface area contributed by atoms with Gasteiger partial charge in [-0.05, 0) is 25.7 Å². The largest absolute Gasteiger partial charge is 0.364 e. The quantitative estimate of drug-likeness (QED) is 0.187. The Bertz CT molecular complexity index is 1260. The molecule has 5 rings (SSSR count). The fourth-order valence-electron chi connectivity index (χ4n) is 2.38. The van der Waals surface area contributed by atoms with Crippen molar-refractivity contribution in [3.63, 3.8) is 0 Å². The summed E-state index contributed by atoms with van der Waals surface area (Å²) in [6.07, 6.45) is 8.08. The summed E-state index contributed by atoms with van der Waals surface area (Å²) in [5.41, 5.74) is 14.7. The fraction of sp³-hybridized carbons (Fsp3) is 0.375. The van der Waals surface area contributed by atoms with E-state index in [1.165, 1.54) is 27.8 Å². The number of carbonyl (C=O) groups is 2. The van der Waals surface area contributed by atoms with Crippen molar-refractivity contribution in [2.45, 2.75) is 37.8 Å². The molecule has 0 spiro atoms. The van der Waals surface area contributed by atoms with Crippen molar-refractivity contribution < 1.29 is 19.9 Å². The van der Waals surface area contributed by atoms with Crippen LogP contribution in [0.4, 0.5) is 5.82 Å². The van der Waals surface area contributed by atoms with Crippen molar-refractivity contribution in [2.24, 2.45) is 21.6 Å². The highest BCUT2D eigenvalue weighted by molar-refractivity contribution is 5.96. The zero-order valence-corrected chi connectivity index (χ0v) is 16.6. The van der Waals surface area contributed by atoms with Gasteiger partial charge in [-0.15, -0.1) is 5.10 Å². The van der Waals surface area contributed by atoms with Crippen LogP contribution in [-0.2, 0) is 4.79 Å². The maximum atomic E-state index is 11.9. The maximum absolute atomic E-state index is 11.9. The fourth-order valence-corrected chi connectivity index (χ4v) is 2.38. The zero-order chi connectivity index (χ0) is 23.3. The summed E-state index contributed by atoms with van der Waals surface area (Å²) in [5, 5.41) is 10.8. The number of imidazole rings is 2. The van der Waals surface area contributed by atoms with Crippen LogP contribution in [0.2, 0.25) is 0 Å². The maximum Gasteiger partial charge on any atom is 0.353 e. The first-order valence-corrected chi connectivity index (χ1v) is 9.30. The minimum atomic E-state index is -0.722. The Labute approximate surface area is 178 Å². The van der Waals surface area contributed by atoms with E-state index < -0.39 is 11.8 Å². The molecule has 2 saturated carbocycles. The van der Waals surface area contributed by atoms with Crippen LogP contribution in [0.3, 0.4) is 0 Å². The van der Waals surface area contributed by atoms with Crippen LogP contribution >= 0.6 is 0 Å². The number of rotatable bonds is 5. The molecule has 2 amide bonds. The number of hydrogen-bond donors (Lipinski definition) is 4. The molecule has 0 atom stereocenters. The van der Waals surface area contributed by atoms with Gasteiger partial charge < -0.3 is 16.5 Å². The number of H-pyrrole nitrogens is 1. The third kappa shape index (κ3) is 5.11. The molecule has 0 saturated heterocycles. The molecular weight excluding hydrogens is 424 g/mol. The SMILES string of the molecule is NC(=O)c1[nH]cnc1N=[NH2+].NC(=O)c1ncn2c(=O)n(C3CC3)nnc12.O=C=NC1CC1. The first-order chi connectivity index (χ1) is 15.4. The van der Waals surface area contributed by atoms with Gasteiger partial charge in [-0.25, -0.2) is 29.0 Å². The molecule has 7 N–H and O–H groups in total. The van der Waals surface area contributed by atoms with Crippen molar-refractivity contribution in [3.05, 3.63) is 34.5 Å². The molecular formula is C16H19N12O4+. The Balaban J connectivity index is 0.000000154. The van der Waals surface area contributed by atoms with Crippen molar-refractivity contribution in [2.75, 3.05) is 0 Å². The highest BCUT2D eigenvalue weighted by Gasteiger charge is 2.27. The van der Waals surface area contributed by atoms with Crippen LogP contribution in [0, 0.1) is 0 Å². The van der Waals surface area contributed by atoms with Gasteiger partial charge in [0.2, 0.25) is 11.9 Å². The molecule has 3 heterocycles. The third-order valence-corrected chi connectivity index (χ3v) is 4.28. The highest BCUT2D eigenvalue weighted by Crippen LogP contribution is 2.32. The molecule has 3 aromatic heterocycles. The van der Waals surface area contributed by atoms with Gasteiger partial charge in [0, 0.05) is 5.11 Å². The predicted octanol–water partition coefficient (Wildman–Crippen LogP) is -2.44. The Morgan fingerprint density at radius 2 is 1.91 bits per heavy atom. The average molecular weight is 443 g/mol. The van der Waals surface area contributed by atoms with E-state index in [9.17, 15) is 19.2 Å². The standard InChI is InChI=1S/C8H8N6O2.C4H5N5O.C4H5NO/c9-6(15)5-7-11-12-14(4-1-2-4)8(16)13(7)3-10-5;5-3(10)2-4(9-6)8-1-7-2;6-3-5-4-1-2-4/h3-4H,1-2H2,(H2,9,15);1,6H,(H2,5,10)(H,7,8);4H,1-2H2/p+1. The first kappa shape index (κ1) is 22.1. The van der Waals surface area contributed by atoms with Crippen LogP contribution in [-0.4, -0.2) is 58.3 Å². The highest BCUT2D eigenvalue weighted by atomic mass is 16.2. The topological polar surface area (TPSA) is 247 Å². The van der Waals surface area contributed by atoms with Crippen molar-refractivity contribution in [1.29, 1.82) is 0 Å². The number of nitrogens with zero attached hydrogens (tertiary/aromatic N) is 8. The van der Waals surface area contributed by atoms with Gasteiger partial charge >= 0.3 is 5.69 Å². The van der Waals surface area contributed by atoms with E-state index in [2.05, 4.69) is 35.4 Å². The number of aliphatic imine (C=N–C) groups is 1. The Hall–Kier alpha value is -4.59. The number of carbonyl (C=O) groups excluding carboxylic acids is 3. The van der Waals surface area contributed by atoms with E-state index in [1.54, 1.807) is 0 Å². The first-order valence-electron chi connectivity index (χ1n) is 9.30. The number of aromatic nitrogens is 7. The summed E-state index contributed by atoms with van der Waals surface area (Å²) in [6, 6.07) is 0.478. The number of hydrogen-bond acceptors (Lipinski definition) is 10. The number of amides is 2. The second kappa shape index (κ2) is 9.48. The van der Waals surface area contributed by atoms with Crippen LogP contribution in [0.25, 0.3) is 5.65 Å². The van der Waals surface area contributed by atoms with Crippen molar-refractivity contribution in [1.82, 2.24) is 34.3 Å². The average Bonchev–Trinajstić information content (AvgIpc) is 3.67. The molecule has 166 valence electrons. The molecule has 16 heteroatoms. The summed E-state index contributed by atoms with van der Waals surface area (Å²) < 4.78 is 2.49. The minimum Gasteiger partial charge on any atom is -0.364 e. The number of nitrogens with two attached hydrogens (primary N) is 3. The van der Waals surface area contributed by atoms with Gasteiger partial charge in [-0.1, -0.05) is 5.21 Å². The van der Waals surface area contributed by atoms with E-state index in [1.807, 2.05) is 0 Å². The Morgan fingerprint density at radius 3 is 2.38 bits per heavy atom. The lowest BCUT2D eigenvalue weighted by molar-refractivity contribution is -0.211. The summed E-state index contributed by atoms with van der Waals surface area (Å²) in [6.45, 7) is 0. The molecule has 3 aromatic rings. The third-order valence-electron chi connectivity index (χ3n) is 4.28. The smallest absolute Gasteiger partial charge is 0.353 e. The number of aromatic amines is 1. The summed E-state index contributed by atoms with van der Waals surface area (Å²) in [5.74, 6) is -1.21. The molecule has 32 heavy (non-hydrogen) atoms. The van der Waals surface area contributed by atoms with E-state index in [0.717, 1.165) is 25.7 Å². The van der Waals surface area contributed by atoms with Gasteiger partial charge in [0.15, 0.2) is 17.0 Å². The molecule has 0 radical (unpaired) electrons. The van der Waals surface area contributed by atoms with Gasteiger partial charge in [-0.2, -0.15) is 10.2 Å². The van der Waals surface area contributed by atoms with E-state index in [0.29, 0.717) is 6.04 Å². The molecule has 0 aliphatic heterocycles. The van der Waals surface area contributed by atoms with Gasteiger partial charge in [0.25, 0.3) is 11.8 Å². The normalized spacial score (nSPS) is 14.2. The van der Waals surface area contributed by atoms with Crippen LogP contribution in [0.15, 0.2) is 27.6 Å². The molecule has 2 fully saturated rings. The summed E-state index contributed by atoms with van der Waals surface area (Å²) >= 11 is 0. The molecule has 0 unspecified atom stereocenters. The van der Waals surface area contributed by atoms with Gasteiger partial charge in [0.1, 0.15) is 6.33 Å². The lowest BCUT2D eigenvalue weighted by Crippen LogP contribution is -2.29. The van der Waals surface area contributed by atoms with Crippen molar-refractivity contribution in [3.8, 4) is 0 Å². The van der Waals surface area contributed by atoms with Crippen LogP contribution < -0.4 is 22.7 Å². The minimum absolute atomic E-state index is 0.0347. The van der Waals surface area contributed by atoms with Gasteiger partial charge in [0.05, 0.1) is 18.4 Å². The van der Waals surface area contributed by atoms with Gasteiger partial charge in [-0.3, -0.25) is 9.59 Å². The zero-order valence-electron chi connectivity index (χ0n) is 16.6. The van der Waals surface area contributed by atoms with Crippen LogP contribution in [0.1, 0.15) is 52.7 Å². The second-order valence-corrected chi connectivity index (χ2v) is 6.74. The number of isocyanates is 1. The second-order valence-electron chi connectivity index (χ2n) is 6.74. The molecule has 0 aromatic carbocycles. The summed E-state index contributed by atoms with van der Waals surface area (Å²) in [7, 11) is 0. The lowest BCUT2D eigenvalue weighted by atomic mass is 10.4. The van der Waals surface area contributed by atoms with E-state index >= 15 is 0 Å². The summed E-state index contributed by atoms with van der Waals surface area (Å²) in [4.78, 5) is 56.0. The Morgan fingerprint density at radius 1 is 1.19 bits per heavy atom. The van der Waals surface area contributed by atoms with E-state index in [-0.39, 0.29) is 34.6 Å². The Kier molecular flexibility index (Phi) is 6.55. The van der Waals surface area contributed by atoms with Crippen molar-refractivity contribution >= 4 is 29.4 Å². The molecule has 2 aliphatic carbocycles. The lowest BCUT2D eigenvalue weighted by Gasteiger charge is -2.00. The predicted molar refractivity (Wildman–Crippen MR) is 104 cm³/mol. The number of primary amides is 2.